The molecule has 2 aromatic heterocycles. The van der Waals surface area contributed by atoms with Gasteiger partial charge in [-0.15, -0.1) is 11.3 Å². The molecule has 25 heavy (non-hydrogen) atoms. The molecule has 2 heterocycles. The number of aryl methyl sites for hydroxylation is 2. The molecule has 4 rings (SSSR count). The Labute approximate surface area is 164 Å². The zero-order valence-corrected chi connectivity index (χ0v) is 17.1. The van der Waals surface area contributed by atoms with Crippen LogP contribution in [0.2, 0.25) is 0 Å². The lowest BCUT2D eigenvalue weighted by atomic mass is 9.97. The zero-order chi connectivity index (χ0) is 17.6. The number of halogens is 2. The Balaban J connectivity index is 1.74. The van der Waals surface area contributed by atoms with Gasteiger partial charge in [-0.2, -0.15) is 0 Å². The number of aromatic amines is 1. The molecule has 3 aromatic rings. The van der Waals surface area contributed by atoms with Crippen LogP contribution in [0, 0.1) is 0 Å². The molecule has 128 valence electrons. The number of aromatic nitrogens is 2. The van der Waals surface area contributed by atoms with Gasteiger partial charge in [0.1, 0.15) is 16.4 Å². The molecule has 4 nitrogen and oxygen atoms in total. The van der Waals surface area contributed by atoms with E-state index >= 15 is 0 Å². The molecule has 7 heteroatoms. The first-order valence-corrected chi connectivity index (χ1v) is 10.3. The fourth-order valence-electron chi connectivity index (χ4n) is 3.12. The van der Waals surface area contributed by atoms with Crippen molar-refractivity contribution in [3.05, 3.63) is 53.3 Å². The molecule has 0 radical (unpaired) electrons. The number of hydrogen-bond acceptors (Lipinski definition) is 4. The minimum atomic E-state index is -0.0582. The maximum absolute atomic E-state index is 12.5. The number of aromatic hydroxyl groups is 1. The number of benzene rings is 1. The van der Waals surface area contributed by atoms with Gasteiger partial charge >= 0.3 is 0 Å². The number of thiophene rings is 1. The van der Waals surface area contributed by atoms with Gasteiger partial charge in [-0.05, 0) is 86.9 Å². The number of rotatable bonds is 2. The second kappa shape index (κ2) is 6.70. The first-order valence-electron chi connectivity index (χ1n) is 7.93. The summed E-state index contributed by atoms with van der Waals surface area (Å²) >= 11 is 8.27. The summed E-state index contributed by atoms with van der Waals surface area (Å²) in [7, 11) is 0. The standard InChI is InChI=1S/C18H14Br2N2O2S/c19-11-7-9(8-12(20)16(11)23)5-6-14-21-17(24)15-10-3-1-2-4-13(10)25-18(15)22-14/h5-8,23H,1-4H2,(H,21,22,24)/b6-5+. The molecule has 0 fully saturated rings. The predicted octanol–water partition coefficient (Wildman–Crippen LogP) is 5.26. The van der Waals surface area contributed by atoms with Gasteiger partial charge in [0, 0.05) is 4.88 Å². The molecule has 0 saturated carbocycles. The molecular weight excluding hydrogens is 468 g/mol. The predicted molar refractivity (Wildman–Crippen MR) is 109 cm³/mol. The Morgan fingerprint density at radius 1 is 1.16 bits per heavy atom. The van der Waals surface area contributed by atoms with Crippen LogP contribution < -0.4 is 5.56 Å². The summed E-state index contributed by atoms with van der Waals surface area (Å²) < 4.78 is 1.20. The summed E-state index contributed by atoms with van der Waals surface area (Å²) in [4.78, 5) is 22.2. The molecule has 0 amide bonds. The first kappa shape index (κ1) is 17.0. The fraction of sp³-hybridized carbons (Fsp3) is 0.222. The smallest absolute Gasteiger partial charge is 0.260 e. The van der Waals surface area contributed by atoms with Gasteiger partial charge in [0.05, 0.1) is 14.3 Å². The highest BCUT2D eigenvalue weighted by Crippen LogP contribution is 2.35. The lowest BCUT2D eigenvalue weighted by molar-refractivity contribution is 0.468. The SMILES string of the molecule is O=c1[nH]c(/C=C/c2cc(Br)c(O)c(Br)c2)nc2sc3c(c12)CCCC3. The molecule has 1 aliphatic rings. The van der Waals surface area contributed by atoms with Gasteiger partial charge in [-0.25, -0.2) is 4.98 Å². The van der Waals surface area contributed by atoms with Crippen LogP contribution in [0.4, 0.5) is 0 Å². The van der Waals surface area contributed by atoms with Gasteiger partial charge in [-0.1, -0.05) is 6.08 Å². The van der Waals surface area contributed by atoms with E-state index in [1.165, 1.54) is 16.9 Å². The minimum absolute atomic E-state index is 0.0582. The van der Waals surface area contributed by atoms with Gasteiger partial charge in [0.2, 0.25) is 0 Å². The molecule has 0 saturated heterocycles. The third-order valence-corrected chi connectivity index (χ3v) is 6.71. The van der Waals surface area contributed by atoms with Crippen molar-refractivity contribution in [1.29, 1.82) is 0 Å². The quantitative estimate of drug-likeness (QED) is 0.524. The lowest BCUT2D eigenvalue weighted by Gasteiger charge is -2.09. The second-order valence-corrected chi connectivity index (χ2v) is 8.80. The highest BCUT2D eigenvalue weighted by atomic mass is 79.9. The monoisotopic (exact) mass is 480 g/mol. The van der Waals surface area contributed by atoms with E-state index in [2.05, 4.69) is 41.8 Å². The van der Waals surface area contributed by atoms with Crippen molar-refractivity contribution < 1.29 is 5.11 Å². The Morgan fingerprint density at radius 3 is 2.64 bits per heavy atom. The molecule has 0 unspecified atom stereocenters. The van der Waals surface area contributed by atoms with Crippen LogP contribution >= 0.6 is 43.2 Å². The van der Waals surface area contributed by atoms with Crippen molar-refractivity contribution in [2.24, 2.45) is 0 Å². The van der Waals surface area contributed by atoms with Gasteiger partial charge in [0.15, 0.2) is 0 Å². The van der Waals surface area contributed by atoms with Crippen molar-refractivity contribution in [3.63, 3.8) is 0 Å². The molecule has 0 spiro atoms. The van der Waals surface area contributed by atoms with E-state index in [0.717, 1.165) is 35.0 Å². The Morgan fingerprint density at radius 2 is 1.88 bits per heavy atom. The Kier molecular flexibility index (Phi) is 4.56. The zero-order valence-electron chi connectivity index (χ0n) is 13.1. The summed E-state index contributed by atoms with van der Waals surface area (Å²) in [5, 5.41) is 10.5. The van der Waals surface area contributed by atoms with Gasteiger partial charge in [-0.3, -0.25) is 4.79 Å². The normalized spacial score (nSPS) is 14.3. The molecule has 0 bridgehead atoms. The number of phenolic OH excluding ortho intramolecular Hbond substituents is 1. The van der Waals surface area contributed by atoms with E-state index in [1.807, 2.05) is 6.08 Å². The number of nitrogens with zero attached hydrogens (tertiary/aromatic N) is 1. The van der Waals surface area contributed by atoms with Crippen molar-refractivity contribution in [2.45, 2.75) is 25.7 Å². The first-order chi connectivity index (χ1) is 12.0. The van der Waals surface area contributed by atoms with E-state index in [0.29, 0.717) is 14.8 Å². The number of H-pyrrole nitrogens is 1. The average molecular weight is 482 g/mol. The van der Waals surface area contributed by atoms with E-state index < -0.39 is 0 Å². The van der Waals surface area contributed by atoms with Crippen LogP contribution in [0.1, 0.15) is 34.7 Å². The topological polar surface area (TPSA) is 66.0 Å². The van der Waals surface area contributed by atoms with Gasteiger partial charge < -0.3 is 10.1 Å². The van der Waals surface area contributed by atoms with E-state index in [9.17, 15) is 9.90 Å². The number of nitrogens with one attached hydrogen (secondary N) is 1. The summed E-state index contributed by atoms with van der Waals surface area (Å²) in [6.07, 6.45) is 8.00. The third-order valence-electron chi connectivity index (χ3n) is 4.32. The number of hydrogen-bond donors (Lipinski definition) is 2. The molecule has 0 aliphatic heterocycles. The van der Waals surface area contributed by atoms with E-state index in [-0.39, 0.29) is 11.3 Å². The molecule has 1 aliphatic carbocycles. The van der Waals surface area contributed by atoms with Crippen molar-refractivity contribution in [3.8, 4) is 5.75 Å². The third kappa shape index (κ3) is 3.20. The largest absolute Gasteiger partial charge is 0.506 e. The van der Waals surface area contributed by atoms with Crippen LogP contribution in [-0.4, -0.2) is 15.1 Å². The highest BCUT2D eigenvalue weighted by molar-refractivity contribution is 9.11. The second-order valence-electron chi connectivity index (χ2n) is 6.01. The van der Waals surface area contributed by atoms with Crippen molar-refractivity contribution in [2.75, 3.05) is 0 Å². The summed E-state index contributed by atoms with van der Waals surface area (Å²) in [6, 6.07) is 3.61. The van der Waals surface area contributed by atoms with Crippen molar-refractivity contribution >= 4 is 65.6 Å². The number of phenols is 1. The highest BCUT2D eigenvalue weighted by Gasteiger charge is 2.19. The lowest BCUT2D eigenvalue weighted by Crippen LogP contribution is -2.11. The van der Waals surface area contributed by atoms with Crippen LogP contribution in [0.15, 0.2) is 25.9 Å². The molecule has 2 N–H and O–H groups in total. The van der Waals surface area contributed by atoms with Crippen molar-refractivity contribution in [1.82, 2.24) is 9.97 Å². The van der Waals surface area contributed by atoms with Crippen LogP contribution in [0.3, 0.4) is 0 Å². The van der Waals surface area contributed by atoms with E-state index in [1.54, 1.807) is 29.5 Å². The molecule has 1 aromatic carbocycles. The maximum Gasteiger partial charge on any atom is 0.260 e. The van der Waals surface area contributed by atoms with Crippen LogP contribution in [-0.2, 0) is 12.8 Å². The van der Waals surface area contributed by atoms with Crippen LogP contribution in [0.5, 0.6) is 5.75 Å². The fourth-order valence-corrected chi connectivity index (χ4v) is 5.61. The average Bonchev–Trinajstić information content (AvgIpc) is 2.96. The minimum Gasteiger partial charge on any atom is -0.506 e. The maximum atomic E-state index is 12.5. The van der Waals surface area contributed by atoms with E-state index in [4.69, 9.17) is 0 Å². The molecular formula is C18H14Br2N2O2S. The Bertz CT molecular complexity index is 1050. The summed E-state index contributed by atoms with van der Waals surface area (Å²) in [5.41, 5.74) is 2.02. The number of fused-ring (bicyclic) bond motifs is 3. The summed E-state index contributed by atoms with van der Waals surface area (Å²) in [5.74, 6) is 0.700. The summed E-state index contributed by atoms with van der Waals surface area (Å²) in [6.45, 7) is 0. The van der Waals surface area contributed by atoms with Gasteiger partial charge in [0.25, 0.3) is 5.56 Å². The molecule has 0 atom stereocenters. The Hall–Kier alpha value is -1.44. The van der Waals surface area contributed by atoms with Crippen LogP contribution in [0.25, 0.3) is 22.4 Å².